The molecule has 4 heteroatoms. The fourth-order valence-electron chi connectivity index (χ4n) is 2.36. The molecule has 0 atom stereocenters. The molecular weight excluding hydrogens is 269 g/mol. The lowest BCUT2D eigenvalue weighted by Crippen LogP contribution is -2.16. The van der Waals surface area contributed by atoms with Crippen LogP contribution in [0.2, 0.25) is 0 Å². The summed E-state index contributed by atoms with van der Waals surface area (Å²) in [6.07, 6.45) is 1.40. The molecule has 0 spiro atoms. The van der Waals surface area contributed by atoms with Gasteiger partial charge in [0.2, 0.25) is 0 Å². The average Bonchev–Trinajstić information content (AvgIpc) is 2.75. The maximum Gasteiger partial charge on any atom is 0.179 e. The molecule has 2 aromatic rings. The van der Waals surface area contributed by atoms with Gasteiger partial charge in [-0.05, 0) is 17.7 Å². The molecule has 0 saturated carbocycles. The summed E-state index contributed by atoms with van der Waals surface area (Å²) in [4.78, 5) is 28.4. The number of Topliss-reactive ketones (excluding diaryl/α,β-unsaturated/α-hetero) is 2. The molecule has 0 heterocycles. The Bertz CT molecular complexity index is 700. The maximum absolute atomic E-state index is 12.8. The zero-order chi connectivity index (χ0) is 14.8. The van der Waals surface area contributed by atoms with Crippen LogP contribution < -0.4 is 0 Å². The molecule has 1 aliphatic carbocycles. The molecule has 0 saturated heterocycles. The molecule has 1 aliphatic rings. The van der Waals surface area contributed by atoms with Gasteiger partial charge in [0.15, 0.2) is 11.6 Å². The molecule has 21 heavy (non-hydrogen) atoms. The normalized spacial score (nSPS) is 14.9. The summed E-state index contributed by atoms with van der Waals surface area (Å²) >= 11 is 0. The quantitative estimate of drug-likeness (QED) is 0.641. The third-order valence-corrected chi connectivity index (χ3v) is 3.46. The second kappa shape index (κ2) is 5.40. The first-order chi connectivity index (χ1) is 10.2. The van der Waals surface area contributed by atoms with Crippen LogP contribution in [-0.2, 0) is 6.54 Å². The third-order valence-electron chi connectivity index (χ3n) is 3.46. The van der Waals surface area contributed by atoms with Crippen LogP contribution >= 0.6 is 0 Å². The van der Waals surface area contributed by atoms with Gasteiger partial charge in [-0.1, -0.05) is 36.4 Å². The van der Waals surface area contributed by atoms with E-state index >= 15 is 0 Å². The van der Waals surface area contributed by atoms with Gasteiger partial charge in [-0.2, -0.15) is 0 Å². The highest BCUT2D eigenvalue weighted by molar-refractivity contribution is 6.33. The molecule has 3 rings (SSSR count). The number of halogens is 1. The van der Waals surface area contributed by atoms with Crippen LogP contribution in [0.15, 0.2) is 53.5 Å². The summed E-state index contributed by atoms with van der Waals surface area (Å²) in [6, 6.07) is 12.7. The Labute approximate surface area is 121 Å². The van der Waals surface area contributed by atoms with Gasteiger partial charge in [-0.3, -0.25) is 14.6 Å². The van der Waals surface area contributed by atoms with Crippen LogP contribution in [-0.4, -0.2) is 17.8 Å². The first-order valence-electron chi connectivity index (χ1n) is 6.58. The van der Waals surface area contributed by atoms with Crippen LogP contribution in [0.1, 0.15) is 26.3 Å². The monoisotopic (exact) mass is 281 g/mol. The number of nitrogens with zero attached hydrogens (tertiary/aromatic N) is 1. The average molecular weight is 281 g/mol. The van der Waals surface area contributed by atoms with Crippen molar-refractivity contribution in [3.05, 3.63) is 71.0 Å². The molecule has 0 fully saturated rings. The van der Waals surface area contributed by atoms with Crippen LogP contribution in [0.5, 0.6) is 0 Å². The third kappa shape index (κ3) is 2.52. The SMILES string of the molecule is O=C1c2ccccc2C(=O)C1C=NCc1ccc(F)cc1. The Morgan fingerprint density at radius 2 is 1.52 bits per heavy atom. The van der Waals surface area contributed by atoms with Gasteiger partial charge in [-0.25, -0.2) is 4.39 Å². The fourth-order valence-corrected chi connectivity index (χ4v) is 2.36. The van der Waals surface area contributed by atoms with Crippen molar-refractivity contribution < 1.29 is 14.0 Å². The van der Waals surface area contributed by atoms with Crippen molar-refractivity contribution in [3.8, 4) is 0 Å². The second-order valence-corrected chi connectivity index (χ2v) is 4.87. The van der Waals surface area contributed by atoms with Crippen molar-refractivity contribution in [3.63, 3.8) is 0 Å². The van der Waals surface area contributed by atoms with Gasteiger partial charge in [0.1, 0.15) is 11.7 Å². The van der Waals surface area contributed by atoms with Crippen LogP contribution in [0.25, 0.3) is 0 Å². The van der Waals surface area contributed by atoms with Gasteiger partial charge in [0.05, 0.1) is 6.54 Å². The minimum absolute atomic E-state index is 0.210. The molecule has 0 unspecified atom stereocenters. The number of carbonyl (C=O) groups excluding carboxylic acids is 2. The van der Waals surface area contributed by atoms with E-state index < -0.39 is 5.92 Å². The number of carbonyl (C=O) groups is 2. The highest BCUT2D eigenvalue weighted by Gasteiger charge is 2.36. The van der Waals surface area contributed by atoms with Crippen molar-refractivity contribution in [2.75, 3.05) is 0 Å². The van der Waals surface area contributed by atoms with Crippen LogP contribution in [0, 0.1) is 11.7 Å². The number of hydrogen-bond donors (Lipinski definition) is 0. The molecule has 0 radical (unpaired) electrons. The van der Waals surface area contributed by atoms with E-state index in [9.17, 15) is 14.0 Å². The molecule has 104 valence electrons. The molecule has 0 amide bonds. The highest BCUT2D eigenvalue weighted by Crippen LogP contribution is 2.25. The van der Waals surface area contributed by atoms with Gasteiger partial charge < -0.3 is 0 Å². The molecule has 0 bridgehead atoms. The van der Waals surface area contributed by atoms with E-state index in [1.165, 1.54) is 18.3 Å². The molecule has 2 aromatic carbocycles. The first kappa shape index (κ1) is 13.4. The fraction of sp³-hybridized carbons (Fsp3) is 0.118. The lowest BCUT2D eigenvalue weighted by atomic mass is 10.1. The summed E-state index contributed by atoms with van der Waals surface area (Å²) in [5, 5.41) is 0. The highest BCUT2D eigenvalue weighted by atomic mass is 19.1. The van der Waals surface area contributed by atoms with Crippen molar-refractivity contribution in [2.24, 2.45) is 10.9 Å². The Balaban J connectivity index is 1.74. The Morgan fingerprint density at radius 1 is 0.952 bits per heavy atom. The molecule has 0 aliphatic heterocycles. The molecular formula is C17H12FNO2. The number of rotatable bonds is 3. The largest absolute Gasteiger partial charge is 0.293 e. The summed E-state index contributed by atoms with van der Waals surface area (Å²) < 4.78 is 12.8. The van der Waals surface area contributed by atoms with E-state index in [-0.39, 0.29) is 17.4 Å². The van der Waals surface area contributed by atoms with Crippen molar-refractivity contribution in [1.82, 2.24) is 0 Å². The molecule has 0 N–H and O–H groups in total. The van der Waals surface area contributed by atoms with Crippen LogP contribution in [0.4, 0.5) is 4.39 Å². The number of hydrogen-bond acceptors (Lipinski definition) is 3. The Hall–Kier alpha value is -2.62. The standard InChI is InChI=1S/C17H12FNO2/c18-12-7-5-11(6-8-12)9-19-10-15-16(20)13-3-1-2-4-14(13)17(15)21/h1-8,10,15H,9H2. The predicted molar refractivity (Wildman–Crippen MR) is 77.2 cm³/mol. The van der Waals surface area contributed by atoms with E-state index in [1.807, 2.05) is 0 Å². The number of aliphatic imine (C=N–C) groups is 1. The number of ketones is 2. The summed E-state index contributed by atoms with van der Waals surface area (Å²) in [5.41, 5.74) is 1.74. The minimum atomic E-state index is -0.831. The zero-order valence-electron chi connectivity index (χ0n) is 11.1. The minimum Gasteiger partial charge on any atom is -0.293 e. The van der Waals surface area contributed by atoms with Crippen molar-refractivity contribution >= 4 is 17.8 Å². The zero-order valence-corrected chi connectivity index (χ0v) is 11.1. The predicted octanol–water partition coefficient (Wildman–Crippen LogP) is 3.09. The maximum atomic E-state index is 12.8. The first-order valence-corrected chi connectivity index (χ1v) is 6.58. The second-order valence-electron chi connectivity index (χ2n) is 4.87. The van der Waals surface area contributed by atoms with Gasteiger partial charge in [-0.15, -0.1) is 0 Å². The van der Waals surface area contributed by atoms with Crippen molar-refractivity contribution in [1.29, 1.82) is 0 Å². The smallest absolute Gasteiger partial charge is 0.179 e. The Morgan fingerprint density at radius 3 is 2.10 bits per heavy atom. The lowest BCUT2D eigenvalue weighted by molar-refractivity contribution is 0.0886. The van der Waals surface area contributed by atoms with E-state index in [1.54, 1.807) is 36.4 Å². The number of fused-ring (bicyclic) bond motifs is 1. The van der Waals surface area contributed by atoms with Gasteiger partial charge in [0, 0.05) is 17.3 Å². The van der Waals surface area contributed by atoms with Crippen molar-refractivity contribution in [2.45, 2.75) is 6.54 Å². The van der Waals surface area contributed by atoms with E-state index in [0.29, 0.717) is 17.7 Å². The van der Waals surface area contributed by atoms with E-state index in [0.717, 1.165) is 5.56 Å². The van der Waals surface area contributed by atoms with Crippen LogP contribution in [0.3, 0.4) is 0 Å². The summed E-state index contributed by atoms with van der Waals surface area (Å²) in [7, 11) is 0. The van der Waals surface area contributed by atoms with E-state index in [4.69, 9.17) is 0 Å². The molecule has 3 nitrogen and oxygen atoms in total. The topological polar surface area (TPSA) is 46.5 Å². The van der Waals surface area contributed by atoms with E-state index in [2.05, 4.69) is 4.99 Å². The molecule has 0 aromatic heterocycles. The Kier molecular flexibility index (Phi) is 3.44. The number of benzene rings is 2. The summed E-state index contributed by atoms with van der Waals surface area (Å²) in [5.74, 6) is -1.56. The van der Waals surface area contributed by atoms with Gasteiger partial charge >= 0.3 is 0 Å². The summed E-state index contributed by atoms with van der Waals surface area (Å²) in [6.45, 7) is 0.313. The van der Waals surface area contributed by atoms with Gasteiger partial charge in [0.25, 0.3) is 0 Å². The lowest BCUT2D eigenvalue weighted by Gasteiger charge is -1.99.